The van der Waals surface area contributed by atoms with E-state index in [9.17, 15) is 9.59 Å². The molecule has 76 valence electrons. The molecule has 5 nitrogen and oxygen atoms in total. The largest absolute Gasteiger partial charge is 0.481 e. The molecule has 2 rings (SSSR count). The highest BCUT2D eigenvalue weighted by Gasteiger charge is 2.05. The van der Waals surface area contributed by atoms with Crippen LogP contribution in [0.4, 0.5) is 0 Å². The van der Waals surface area contributed by atoms with Gasteiger partial charge in [0.05, 0.1) is 23.7 Å². The molecule has 0 atom stereocenters. The van der Waals surface area contributed by atoms with Crippen LogP contribution in [0.15, 0.2) is 24.5 Å². The average molecular weight is 204 g/mol. The summed E-state index contributed by atoms with van der Waals surface area (Å²) in [5.41, 5.74) is 1.74. The fourth-order valence-corrected chi connectivity index (χ4v) is 1.42. The van der Waals surface area contributed by atoms with E-state index in [-0.39, 0.29) is 6.42 Å². The Morgan fingerprint density at radius 2 is 2.40 bits per heavy atom. The van der Waals surface area contributed by atoms with Crippen molar-refractivity contribution in [1.82, 2.24) is 9.61 Å². The minimum Gasteiger partial charge on any atom is -0.481 e. The van der Waals surface area contributed by atoms with Gasteiger partial charge >= 0.3 is 5.97 Å². The van der Waals surface area contributed by atoms with Gasteiger partial charge in [-0.05, 0) is 17.7 Å². The molecule has 0 aliphatic carbocycles. The first kappa shape index (κ1) is 9.39. The summed E-state index contributed by atoms with van der Waals surface area (Å²) in [5.74, 6) is -0.897. The zero-order chi connectivity index (χ0) is 10.8. The fraction of sp³-hybridized carbons (Fsp3) is 0.100. The van der Waals surface area contributed by atoms with Crippen LogP contribution in [-0.4, -0.2) is 27.0 Å². The van der Waals surface area contributed by atoms with E-state index in [1.54, 1.807) is 18.3 Å². The molecule has 15 heavy (non-hydrogen) atoms. The standard InChI is InChI=1S/C10H8N2O3/c13-6-8-5-11-12-2-1-7(3-9(8)12)4-10(14)15/h1-3,5-6H,4H2,(H,14,15). The van der Waals surface area contributed by atoms with E-state index < -0.39 is 5.97 Å². The topological polar surface area (TPSA) is 71.7 Å². The molecule has 0 fully saturated rings. The second-order valence-electron chi connectivity index (χ2n) is 3.15. The van der Waals surface area contributed by atoms with Gasteiger partial charge in [-0.1, -0.05) is 0 Å². The highest BCUT2D eigenvalue weighted by Crippen LogP contribution is 2.11. The first-order valence-electron chi connectivity index (χ1n) is 4.34. The molecular weight excluding hydrogens is 196 g/mol. The Morgan fingerprint density at radius 1 is 1.60 bits per heavy atom. The molecule has 0 unspecified atom stereocenters. The highest BCUT2D eigenvalue weighted by atomic mass is 16.4. The van der Waals surface area contributed by atoms with E-state index >= 15 is 0 Å². The molecule has 0 bridgehead atoms. The number of pyridine rings is 1. The predicted molar refractivity (Wildman–Crippen MR) is 51.9 cm³/mol. The molecule has 0 radical (unpaired) electrons. The van der Waals surface area contributed by atoms with Crippen molar-refractivity contribution in [3.8, 4) is 0 Å². The minimum absolute atomic E-state index is 0.0556. The van der Waals surface area contributed by atoms with Crippen LogP contribution in [0.3, 0.4) is 0 Å². The van der Waals surface area contributed by atoms with Gasteiger partial charge in [0.1, 0.15) is 0 Å². The van der Waals surface area contributed by atoms with E-state index in [2.05, 4.69) is 5.10 Å². The summed E-state index contributed by atoms with van der Waals surface area (Å²) < 4.78 is 1.54. The molecule has 2 aromatic rings. The molecule has 0 saturated carbocycles. The lowest BCUT2D eigenvalue weighted by Gasteiger charge is -1.98. The molecule has 0 saturated heterocycles. The number of carbonyl (C=O) groups is 2. The summed E-state index contributed by atoms with van der Waals surface area (Å²) in [6.45, 7) is 0. The highest BCUT2D eigenvalue weighted by molar-refractivity contribution is 5.86. The van der Waals surface area contributed by atoms with E-state index in [1.807, 2.05) is 0 Å². The van der Waals surface area contributed by atoms with Gasteiger partial charge in [-0.15, -0.1) is 0 Å². The van der Waals surface area contributed by atoms with Gasteiger partial charge < -0.3 is 5.11 Å². The fourth-order valence-electron chi connectivity index (χ4n) is 1.42. The van der Waals surface area contributed by atoms with Crippen molar-refractivity contribution in [2.75, 3.05) is 0 Å². The SMILES string of the molecule is O=Cc1cnn2ccc(CC(=O)O)cc12. The van der Waals surface area contributed by atoms with Gasteiger partial charge in [-0.2, -0.15) is 5.10 Å². The lowest BCUT2D eigenvalue weighted by atomic mass is 10.1. The number of carboxylic acid groups (broad SMARTS) is 1. The number of rotatable bonds is 3. The van der Waals surface area contributed by atoms with Crippen LogP contribution in [0.2, 0.25) is 0 Å². The van der Waals surface area contributed by atoms with Crippen LogP contribution in [0.1, 0.15) is 15.9 Å². The van der Waals surface area contributed by atoms with Crippen LogP contribution < -0.4 is 0 Å². The summed E-state index contributed by atoms with van der Waals surface area (Å²) in [7, 11) is 0. The number of aromatic nitrogens is 2. The Morgan fingerprint density at radius 3 is 3.07 bits per heavy atom. The zero-order valence-electron chi connectivity index (χ0n) is 7.75. The Balaban J connectivity index is 2.52. The summed E-state index contributed by atoms with van der Waals surface area (Å²) in [6, 6.07) is 3.33. The Labute approximate surface area is 84.9 Å². The second kappa shape index (κ2) is 3.53. The van der Waals surface area contributed by atoms with Crippen molar-refractivity contribution < 1.29 is 14.7 Å². The van der Waals surface area contributed by atoms with Crippen molar-refractivity contribution in [1.29, 1.82) is 0 Å². The normalized spacial score (nSPS) is 10.4. The molecule has 2 aromatic heterocycles. The van der Waals surface area contributed by atoms with E-state index in [0.717, 1.165) is 0 Å². The summed E-state index contributed by atoms with van der Waals surface area (Å²) >= 11 is 0. The van der Waals surface area contributed by atoms with Crippen molar-refractivity contribution in [3.63, 3.8) is 0 Å². The molecule has 0 amide bonds. The van der Waals surface area contributed by atoms with Gasteiger partial charge in [0, 0.05) is 6.20 Å². The number of aldehydes is 1. The van der Waals surface area contributed by atoms with Gasteiger partial charge in [0.2, 0.25) is 0 Å². The zero-order valence-corrected chi connectivity index (χ0v) is 7.75. The van der Waals surface area contributed by atoms with Crippen LogP contribution in [0.25, 0.3) is 5.52 Å². The number of fused-ring (bicyclic) bond motifs is 1. The van der Waals surface area contributed by atoms with E-state index in [4.69, 9.17) is 5.11 Å². The van der Waals surface area contributed by atoms with Crippen molar-refractivity contribution >= 4 is 17.8 Å². The Bertz CT molecular complexity index is 530. The Kier molecular flexibility index (Phi) is 2.21. The molecule has 0 aliphatic rings. The second-order valence-corrected chi connectivity index (χ2v) is 3.15. The third-order valence-corrected chi connectivity index (χ3v) is 2.10. The van der Waals surface area contributed by atoms with Crippen molar-refractivity contribution in [2.24, 2.45) is 0 Å². The van der Waals surface area contributed by atoms with Crippen molar-refractivity contribution in [2.45, 2.75) is 6.42 Å². The van der Waals surface area contributed by atoms with Gasteiger partial charge in [-0.3, -0.25) is 9.59 Å². The maximum Gasteiger partial charge on any atom is 0.307 e. The third-order valence-electron chi connectivity index (χ3n) is 2.10. The van der Waals surface area contributed by atoms with E-state index in [1.165, 1.54) is 10.7 Å². The van der Waals surface area contributed by atoms with Crippen LogP contribution in [0, 0.1) is 0 Å². The number of aliphatic carboxylic acids is 1. The Hall–Kier alpha value is -2.17. The monoisotopic (exact) mass is 204 g/mol. The van der Waals surface area contributed by atoms with Crippen LogP contribution >= 0.6 is 0 Å². The molecular formula is C10H8N2O3. The minimum atomic E-state index is -0.897. The quantitative estimate of drug-likeness (QED) is 0.749. The first-order chi connectivity index (χ1) is 7.20. The van der Waals surface area contributed by atoms with Crippen molar-refractivity contribution in [3.05, 3.63) is 35.7 Å². The third kappa shape index (κ3) is 1.71. The maximum absolute atomic E-state index is 10.6. The van der Waals surface area contributed by atoms with Crippen LogP contribution in [0.5, 0.6) is 0 Å². The lowest BCUT2D eigenvalue weighted by Crippen LogP contribution is -2.00. The number of hydrogen-bond acceptors (Lipinski definition) is 3. The maximum atomic E-state index is 10.6. The lowest BCUT2D eigenvalue weighted by molar-refractivity contribution is -0.136. The molecule has 0 aliphatic heterocycles. The number of carbonyl (C=O) groups excluding carboxylic acids is 1. The average Bonchev–Trinajstić information content (AvgIpc) is 2.59. The molecule has 1 N–H and O–H groups in total. The van der Waals surface area contributed by atoms with Crippen LogP contribution in [-0.2, 0) is 11.2 Å². The van der Waals surface area contributed by atoms with Gasteiger partial charge in [0.25, 0.3) is 0 Å². The molecule has 0 aromatic carbocycles. The van der Waals surface area contributed by atoms with E-state index in [0.29, 0.717) is 22.9 Å². The molecule has 0 spiro atoms. The smallest absolute Gasteiger partial charge is 0.307 e. The van der Waals surface area contributed by atoms with Gasteiger partial charge in [0.15, 0.2) is 6.29 Å². The summed E-state index contributed by atoms with van der Waals surface area (Å²) in [6.07, 6.45) is 3.74. The molecule has 2 heterocycles. The summed E-state index contributed by atoms with van der Waals surface area (Å²) in [4.78, 5) is 21.2. The predicted octanol–water partition coefficient (Wildman–Crippen LogP) is 0.774. The number of hydrogen-bond donors (Lipinski definition) is 1. The first-order valence-corrected chi connectivity index (χ1v) is 4.34. The summed E-state index contributed by atoms with van der Waals surface area (Å²) in [5, 5.41) is 12.6. The number of nitrogens with zero attached hydrogens (tertiary/aromatic N) is 2. The number of carboxylic acids is 1. The molecule has 5 heteroatoms. The van der Waals surface area contributed by atoms with Gasteiger partial charge in [-0.25, -0.2) is 4.52 Å².